The maximum atomic E-state index is 8.88. The predicted molar refractivity (Wildman–Crippen MR) is 109 cm³/mol. The van der Waals surface area contributed by atoms with Gasteiger partial charge < -0.3 is 10.6 Å². The van der Waals surface area contributed by atoms with Crippen LogP contribution in [0.15, 0.2) is 59.6 Å². The van der Waals surface area contributed by atoms with Crippen molar-refractivity contribution in [3.63, 3.8) is 0 Å². The highest BCUT2D eigenvalue weighted by molar-refractivity contribution is 5.80. The van der Waals surface area contributed by atoms with Crippen LogP contribution in [0.3, 0.4) is 0 Å². The molecule has 5 nitrogen and oxygen atoms in total. The lowest BCUT2D eigenvalue weighted by molar-refractivity contribution is 0.258. The van der Waals surface area contributed by atoms with Gasteiger partial charge in [-0.3, -0.25) is 9.89 Å². The Morgan fingerprint density at radius 1 is 1.15 bits per heavy atom. The zero-order valence-electron chi connectivity index (χ0n) is 16.0. The first kappa shape index (κ1) is 18.9. The Hall–Kier alpha value is -2.84. The Kier molecular flexibility index (Phi) is 6.45. The number of hydrogen-bond acceptors (Lipinski definition) is 3. The normalized spacial score (nSPS) is 20.3. The summed E-state index contributed by atoms with van der Waals surface area (Å²) in [5, 5.41) is 15.8. The topological polar surface area (TPSA) is 63.5 Å². The third kappa shape index (κ3) is 5.32. The van der Waals surface area contributed by atoms with E-state index < -0.39 is 0 Å². The van der Waals surface area contributed by atoms with E-state index in [-0.39, 0.29) is 0 Å². The van der Waals surface area contributed by atoms with Crippen molar-refractivity contribution in [3.8, 4) is 6.07 Å². The van der Waals surface area contributed by atoms with Gasteiger partial charge in [0.25, 0.3) is 0 Å². The fourth-order valence-electron chi connectivity index (χ4n) is 3.51. The van der Waals surface area contributed by atoms with Crippen molar-refractivity contribution in [1.82, 2.24) is 15.5 Å². The molecule has 1 aliphatic heterocycles. The highest BCUT2D eigenvalue weighted by atomic mass is 15.3. The molecular formula is C22H27N5. The van der Waals surface area contributed by atoms with Crippen molar-refractivity contribution < 1.29 is 0 Å². The minimum Gasteiger partial charge on any atom is -0.352 e. The van der Waals surface area contributed by atoms with E-state index in [0.717, 1.165) is 31.0 Å². The Morgan fingerprint density at radius 3 is 2.56 bits per heavy atom. The van der Waals surface area contributed by atoms with Gasteiger partial charge in [-0.25, -0.2) is 0 Å². The van der Waals surface area contributed by atoms with Gasteiger partial charge in [0.05, 0.1) is 11.6 Å². The van der Waals surface area contributed by atoms with Crippen molar-refractivity contribution in [3.05, 3.63) is 71.3 Å². The van der Waals surface area contributed by atoms with Gasteiger partial charge in [-0.1, -0.05) is 42.5 Å². The molecule has 0 saturated carbocycles. The van der Waals surface area contributed by atoms with E-state index in [1.165, 1.54) is 5.56 Å². The van der Waals surface area contributed by atoms with Crippen LogP contribution in [0.1, 0.15) is 30.0 Å². The van der Waals surface area contributed by atoms with E-state index in [1.807, 2.05) is 24.3 Å². The molecule has 0 bridgehead atoms. The zero-order chi connectivity index (χ0) is 19.1. The summed E-state index contributed by atoms with van der Waals surface area (Å²) in [7, 11) is 1.80. The lowest BCUT2D eigenvalue weighted by Crippen LogP contribution is -2.44. The molecule has 3 rings (SSSR count). The SMILES string of the molecule is CN=C(NCc1ccc(C#N)cc1)NC1CC(C)N(Cc2ccccc2)C1. The molecule has 0 amide bonds. The van der Waals surface area contributed by atoms with Crippen molar-refractivity contribution in [2.45, 2.75) is 38.5 Å². The van der Waals surface area contributed by atoms with Crippen LogP contribution in [0.5, 0.6) is 0 Å². The molecule has 2 N–H and O–H groups in total. The second-order valence-corrected chi connectivity index (χ2v) is 7.08. The fourth-order valence-corrected chi connectivity index (χ4v) is 3.51. The number of nitrogens with zero attached hydrogens (tertiary/aromatic N) is 3. The lowest BCUT2D eigenvalue weighted by atomic mass is 10.1. The number of rotatable bonds is 5. The molecule has 5 heteroatoms. The van der Waals surface area contributed by atoms with Crippen molar-refractivity contribution in [1.29, 1.82) is 5.26 Å². The first-order valence-electron chi connectivity index (χ1n) is 9.42. The van der Waals surface area contributed by atoms with Gasteiger partial charge in [0, 0.05) is 38.8 Å². The van der Waals surface area contributed by atoms with Crippen LogP contribution in [0.25, 0.3) is 0 Å². The van der Waals surface area contributed by atoms with E-state index in [0.29, 0.717) is 24.2 Å². The third-order valence-corrected chi connectivity index (χ3v) is 5.04. The van der Waals surface area contributed by atoms with Gasteiger partial charge >= 0.3 is 0 Å². The lowest BCUT2D eigenvalue weighted by Gasteiger charge is -2.21. The van der Waals surface area contributed by atoms with Crippen LogP contribution in [0.2, 0.25) is 0 Å². The number of nitrogens with one attached hydrogen (secondary N) is 2. The molecule has 27 heavy (non-hydrogen) atoms. The predicted octanol–water partition coefficient (Wildman–Crippen LogP) is 2.89. The largest absolute Gasteiger partial charge is 0.352 e. The van der Waals surface area contributed by atoms with E-state index in [9.17, 15) is 0 Å². The minimum atomic E-state index is 0.385. The Bertz CT molecular complexity index is 792. The van der Waals surface area contributed by atoms with Crippen LogP contribution in [-0.2, 0) is 13.1 Å². The number of hydrogen-bond donors (Lipinski definition) is 2. The summed E-state index contributed by atoms with van der Waals surface area (Å²) in [5.41, 5.74) is 3.16. The summed E-state index contributed by atoms with van der Waals surface area (Å²) >= 11 is 0. The summed E-state index contributed by atoms with van der Waals surface area (Å²) in [6.45, 7) is 4.96. The molecule has 2 aromatic rings. The van der Waals surface area contributed by atoms with Gasteiger partial charge in [0.1, 0.15) is 0 Å². The molecule has 2 aromatic carbocycles. The molecule has 1 saturated heterocycles. The molecule has 0 spiro atoms. The Labute approximate surface area is 161 Å². The van der Waals surface area contributed by atoms with Gasteiger partial charge in [0.2, 0.25) is 0 Å². The molecule has 1 aliphatic rings. The second kappa shape index (κ2) is 9.20. The van der Waals surface area contributed by atoms with Crippen molar-refractivity contribution in [2.24, 2.45) is 4.99 Å². The highest BCUT2D eigenvalue weighted by Gasteiger charge is 2.29. The highest BCUT2D eigenvalue weighted by Crippen LogP contribution is 2.20. The van der Waals surface area contributed by atoms with Gasteiger partial charge in [-0.15, -0.1) is 0 Å². The quantitative estimate of drug-likeness (QED) is 0.635. The molecule has 2 atom stereocenters. The second-order valence-electron chi connectivity index (χ2n) is 7.08. The number of guanidine groups is 1. The van der Waals surface area contributed by atoms with Gasteiger partial charge in [0.15, 0.2) is 5.96 Å². The zero-order valence-corrected chi connectivity index (χ0v) is 16.0. The molecule has 140 valence electrons. The molecular weight excluding hydrogens is 334 g/mol. The Morgan fingerprint density at radius 2 is 1.89 bits per heavy atom. The van der Waals surface area contributed by atoms with E-state index in [1.54, 1.807) is 7.05 Å². The Balaban J connectivity index is 1.50. The average molecular weight is 361 g/mol. The maximum absolute atomic E-state index is 8.88. The number of benzene rings is 2. The monoisotopic (exact) mass is 361 g/mol. The van der Waals surface area contributed by atoms with Crippen molar-refractivity contribution in [2.75, 3.05) is 13.6 Å². The molecule has 0 aromatic heterocycles. The molecule has 1 fully saturated rings. The first-order valence-corrected chi connectivity index (χ1v) is 9.42. The van der Waals surface area contributed by atoms with Crippen LogP contribution >= 0.6 is 0 Å². The van der Waals surface area contributed by atoms with E-state index in [4.69, 9.17) is 5.26 Å². The van der Waals surface area contributed by atoms with Gasteiger partial charge in [-0.05, 0) is 36.6 Å². The number of aliphatic imine (C=N–C) groups is 1. The molecule has 1 heterocycles. The van der Waals surface area contributed by atoms with Crippen LogP contribution in [0.4, 0.5) is 0 Å². The molecule has 0 aliphatic carbocycles. The van der Waals surface area contributed by atoms with E-state index >= 15 is 0 Å². The fraction of sp³-hybridized carbons (Fsp3) is 0.364. The van der Waals surface area contributed by atoms with E-state index in [2.05, 4.69) is 63.9 Å². The number of nitriles is 1. The van der Waals surface area contributed by atoms with Gasteiger partial charge in [-0.2, -0.15) is 5.26 Å². The summed E-state index contributed by atoms with van der Waals surface area (Å²) in [6, 6.07) is 21.3. The summed E-state index contributed by atoms with van der Waals surface area (Å²) in [4.78, 5) is 6.87. The molecule has 0 radical (unpaired) electrons. The number of likely N-dealkylation sites (tertiary alicyclic amines) is 1. The minimum absolute atomic E-state index is 0.385. The smallest absolute Gasteiger partial charge is 0.191 e. The third-order valence-electron chi connectivity index (χ3n) is 5.04. The van der Waals surface area contributed by atoms with Crippen LogP contribution in [-0.4, -0.2) is 36.5 Å². The summed E-state index contributed by atoms with van der Waals surface area (Å²) in [6.07, 6.45) is 1.10. The first-order chi connectivity index (χ1) is 13.2. The van der Waals surface area contributed by atoms with Crippen LogP contribution < -0.4 is 10.6 Å². The summed E-state index contributed by atoms with van der Waals surface area (Å²) < 4.78 is 0. The summed E-state index contributed by atoms with van der Waals surface area (Å²) in [5.74, 6) is 0.818. The maximum Gasteiger partial charge on any atom is 0.191 e. The van der Waals surface area contributed by atoms with Crippen molar-refractivity contribution >= 4 is 5.96 Å². The standard InChI is InChI=1S/C22H27N5/c1-17-12-21(16-27(17)15-20-6-4-3-5-7-20)26-22(24-2)25-14-19-10-8-18(13-23)9-11-19/h3-11,17,21H,12,14-16H2,1-2H3,(H2,24,25,26). The average Bonchev–Trinajstić information content (AvgIpc) is 3.05. The van der Waals surface area contributed by atoms with Crippen LogP contribution in [0, 0.1) is 11.3 Å². The molecule has 2 unspecified atom stereocenters.